The molecule has 0 rings (SSSR count). The van der Waals surface area contributed by atoms with Crippen LogP contribution in [-0.4, -0.2) is 50.5 Å². The van der Waals surface area contributed by atoms with Crippen LogP contribution in [0.15, 0.2) is 0 Å². The highest BCUT2D eigenvalue weighted by molar-refractivity contribution is 5.77. The molecule has 0 fully saturated rings. The summed E-state index contributed by atoms with van der Waals surface area (Å²) >= 11 is 0. The average molecular weight is 275 g/mol. The third-order valence-electron chi connectivity index (χ3n) is 2.53. The summed E-state index contributed by atoms with van der Waals surface area (Å²) in [6.07, 6.45) is 2.03. The second-order valence-corrected chi connectivity index (χ2v) is 4.57. The Morgan fingerprint density at radius 3 is 2.53 bits per heavy atom. The minimum atomic E-state index is -0.867. The third-order valence-corrected chi connectivity index (χ3v) is 2.53. The van der Waals surface area contributed by atoms with Crippen molar-refractivity contribution in [2.75, 3.05) is 33.5 Å². The van der Waals surface area contributed by atoms with Gasteiger partial charge in [-0.3, -0.25) is 9.59 Å². The molecule has 112 valence electrons. The van der Waals surface area contributed by atoms with E-state index in [0.29, 0.717) is 26.4 Å². The molecule has 0 saturated heterocycles. The zero-order valence-electron chi connectivity index (χ0n) is 11.8. The molecular weight excluding hydrogens is 250 g/mol. The molecule has 1 atom stereocenters. The summed E-state index contributed by atoms with van der Waals surface area (Å²) in [5.74, 6) is -1.09. The van der Waals surface area contributed by atoms with Gasteiger partial charge in [0.2, 0.25) is 5.91 Å². The fourth-order valence-corrected chi connectivity index (χ4v) is 1.56. The predicted molar refractivity (Wildman–Crippen MR) is 71.0 cm³/mol. The maximum atomic E-state index is 11.5. The Hall–Kier alpha value is -1.14. The van der Waals surface area contributed by atoms with E-state index in [9.17, 15) is 9.59 Å². The van der Waals surface area contributed by atoms with Crippen molar-refractivity contribution in [2.45, 2.75) is 32.6 Å². The number of methoxy groups -OCH3 is 1. The Balaban J connectivity index is 3.36. The number of hydrogen-bond donors (Lipinski definition) is 2. The maximum absolute atomic E-state index is 11.5. The van der Waals surface area contributed by atoms with E-state index in [1.807, 2.05) is 0 Å². The topological polar surface area (TPSA) is 84.9 Å². The second-order valence-electron chi connectivity index (χ2n) is 4.57. The lowest BCUT2D eigenvalue weighted by atomic mass is 10.0. The molecule has 0 aromatic carbocycles. The van der Waals surface area contributed by atoms with E-state index < -0.39 is 5.97 Å². The van der Waals surface area contributed by atoms with Gasteiger partial charge in [-0.25, -0.2) is 0 Å². The van der Waals surface area contributed by atoms with Crippen LogP contribution in [0.5, 0.6) is 0 Å². The van der Waals surface area contributed by atoms with Crippen LogP contribution in [0.4, 0.5) is 0 Å². The number of unbranched alkanes of at least 4 members (excludes halogenated alkanes) is 1. The first-order chi connectivity index (χ1) is 9.06. The van der Waals surface area contributed by atoms with Gasteiger partial charge in [-0.05, 0) is 18.8 Å². The minimum absolute atomic E-state index is 0.0285. The van der Waals surface area contributed by atoms with Gasteiger partial charge in [-0.15, -0.1) is 0 Å². The van der Waals surface area contributed by atoms with E-state index in [1.54, 1.807) is 14.0 Å². The molecule has 0 spiro atoms. The van der Waals surface area contributed by atoms with Crippen LogP contribution in [0, 0.1) is 5.92 Å². The molecule has 0 heterocycles. The Morgan fingerprint density at radius 2 is 1.89 bits per heavy atom. The van der Waals surface area contributed by atoms with Crippen LogP contribution in [0.25, 0.3) is 0 Å². The number of ether oxygens (including phenoxy) is 2. The van der Waals surface area contributed by atoms with Gasteiger partial charge in [0.25, 0.3) is 0 Å². The summed E-state index contributed by atoms with van der Waals surface area (Å²) in [6, 6.07) is 0. The van der Waals surface area contributed by atoms with Gasteiger partial charge >= 0.3 is 5.97 Å². The number of hydrogen-bond acceptors (Lipinski definition) is 4. The highest BCUT2D eigenvalue weighted by Crippen LogP contribution is 2.06. The van der Waals surface area contributed by atoms with Gasteiger partial charge in [0.15, 0.2) is 0 Å². The predicted octanol–water partition coefficient (Wildman–Crippen LogP) is 1.05. The summed E-state index contributed by atoms with van der Waals surface area (Å²) in [6.45, 7) is 4.21. The number of amides is 1. The van der Waals surface area contributed by atoms with Gasteiger partial charge in [0.05, 0.1) is 13.2 Å². The molecule has 6 nitrogen and oxygen atoms in total. The lowest BCUT2D eigenvalue weighted by Crippen LogP contribution is -2.26. The molecule has 0 radical (unpaired) electrons. The number of aliphatic carboxylic acids is 1. The molecule has 0 aliphatic carbocycles. The van der Waals surface area contributed by atoms with Crippen molar-refractivity contribution in [1.82, 2.24) is 5.32 Å². The van der Waals surface area contributed by atoms with Crippen molar-refractivity contribution in [3.63, 3.8) is 0 Å². The summed E-state index contributed by atoms with van der Waals surface area (Å²) in [5.41, 5.74) is 0. The number of carboxylic acids is 1. The van der Waals surface area contributed by atoms with Gasteiger partial charge in [-0.1, -0.05) is 6.92 Å². The quantitative estimate of drug-likeness (QED) is 0.520. The molecule has 1 amide bonds. The SMILES string of the molecule is COCCOCCCCNC(=O)CC(C)CC(=O)O. The molecule has 1 unspecified atom stereocenters. The van der Waals surface area contributed by atoms with Crippen LogP contribution < -0.4 is 5.32 Å². The summed E-state index contributed by atoms with van der Waals surface area (Å²) in [7, 11) is 1.63. The van der Waals surface area contributed by atoms with E-state index in [4.69, 9.17) is 14.6 Å². The zero-order chi connectivity index (χ0) is 14.5. The summed E-state index contributed by atoms with van der Waals surface area (Å²) in [4.78, 5) is 21.9. The van der Waals surface area contributed by atoms with E-state index in [-0.39, 0.29) is 24.7 Å². The third kappa shape index (κ3) is 13.1. The molecule has 0 aliphatic heterocycles. The number of carboxylic acid groups (broad SMARTS) is 1. The van der Waals surface area contributed by atoms with Crippen molar-refractivity contribution >= 4 is 11.9 Å². The lowest BCUT2D eigenvalue weighted by Gasteiger charge is -2.09. The normalized spacial score (nSPS) is 12.1. The Bertz CT molecular complexity index is 257. The van der Waals surface area contributed by atoms with Crippen molar-refractivity contribution in [3.8, 4) is 0 Å². The van der Waals surface area contributed by atoms with E-state index >= 15 is 0 Å². The lowest BCUT2D eigenvalue weighted by molar-refractivity contribution is -0.138. The van der Waals surface area contributed by atoms with E-state index in [0.717, 1.165) is 12.8 Å². The summed E-state index contributed by atoms with van der Waals surface area (Å²) < 4.78 is 10.1. The van der Waals surface area contributed by atoms with Crippen molar-refractivity contribution in [2.24, 2.45) is 5.92 Å². The Labute approximate surface area is 114 Å². The fraction of sp³-hybridized carbons (Fsp3) is 0.846. The molecule has 0 bridgehead atoms. The molecular formula is C13H25NO5. The Morgan fingerprint density at radius 1 is 1.16 bits per heavy atom. The first-order valence-corrected chi connectivity index (χ1v) is 6.61. The minimum Gasteiger partial charge on any atom is -0.481 e. The van der Waals surface area contributed by atoms with Crippen molar-refractivity contribution < 1.29 is 24.2 Å². The summed E-state index contributed by atoms with van der Waals surface area (Å²) in [5, 5.41) is 11.4. The van der Waals surface area contributed by atoms with Crippen LogP contribution in [0.1, 0.15) is 32.6 Å². The zero-order valence-corrected chi connectivity index (χ0v) is 11.8. The molecule has 19 heavy (non-hydrogen) atoms. The molecule has 0 aliphatic rings. The monoisotopic (exact) mass is 275 g/mol. The molecule has 6 heteroatoms. The average Bonchev–Trinajstić information content (AvgIpc) is 2.31. The first kappa shape index (κ1) is 17.9. The van der Waals surface area contributed by atoms with Gasteiger partial charge in [-0.2, -0.15) is 0 Å². The van der Waals surface area contributed by atoms with Gasteiger partial charge < -0.3 is 19.9 Å². The highest BCUT2D eigenvalue weighted by Gasteiger charge is 2.11. The molecule has 2 N–H and O–H groups in total. The molecule has 0 aromatic rings. The fourth-order valence-electron chi connectivity index (χ4n) is 1.56. The number of nitrogens with one attached hydrogen (secondary N) is 1. The highest BCUT2D eigenvalue weighted by atomic mass is 16.5. The van der Waals surface area contributed by atoms with Crippen molar-refractivity contribution in [3.05, 3.63) is 0 Å². The van der Waals surface area contributed by atoms with Gasteiger partial charge in [0.1, 0.15) is 0 Å². The number of rotatable bonds is 12. The van der Waals surface area contributed by atoms with E-state index in [2.05, 4.69) is 5.32 Å². The largest absolute Gasteiger partial charge is 0.481 e. The first-order valence-electron chi connectivity index (χ1n) is 6.61. The number of carbonyl (C=O) groups is 2. The van der Waals surface area contributed by atoms with Crippen LogP contribution >= 0.6 is 0 Å². The smallest absolute Gasteiger partial charge is 0.303 e. The molecule has 0 aromatic heterocycles. The van der Waals surface area contributed by atoms with Crippen molar-refractivity contribution in [1.29, 1.82) is 0 Å². The van der Waals surface area contributed by atoms with Crippen LogP contribution in [0.2, 0.25) is 0 Å². The van der Waals surface area contributed by atoms with Gasteiger partial charge in [0, 0.05) is 33.1 Å². The molecule has 0 saturated carbocycles. The van der Waals surface area contributed by atoms with E-state index in [1.165, 1.54) is 0 Å². The number of carbonyl (C=O) groups excluding carboxylic acids is 1. The van der Waals surface area contributed by atoms with Crippen LogP contribution in [-0.2, 0) is 19.1 Å². The Kier molecular flexibility index (Phi) is 11.2. The standard InChI is InChI=1S/C13H25NO5/c1-11(10-13(16)17)9-12(15)14-5-3-4-6-19-8-7-18-2/h11H,3-10H2,1-2H3,(H,14,15)(H,16,17). The van der Waals surface area contributed by atoms with Crippen LogP contribution in [0.3, 0.4) is 0 Å². The second kappa shape index (κ2) is 11.9. The maximum Gasteiger partial charge on any atom is 0.303 e.